The maximum absolute atomic E-state index is 12.6. The van der Waals surface area contributed by atoms with Gasteiger partial charge in [0.1, 0.15) is 10.0 Å². The molecule has 1 aromatic heterocycles. The molecule has 0 unspecified atom stereocenters. The highest BCUT2D eigenvalue weighted by atomic mass is 79.9. The summed E-state index contributed by atoms with van der Waals surface area (Å²) in [5, 5.41) is 4.12. The minimum atomic E-state index is -3.80. The molecule has 1 aromatic carbocycles. The number of aryl methyl sites for hydroxylation is 2. The highest BCUT2D eigenvalue weighted by Gasteiger charge is 2.25. The summed E-state index contributed by atoms with van der Waals surface area (Å²) in [6.07, 6.45) is 0. The van der Waals surface area contributed by atoms with Crippen LogP contribution >= 0.6 is 27.5 Å². The predicted molar refractivity (Wildman–Crippen MR) is 92.0 cm³/mol. The van der Waals surface area contributed by atoms with Gasteiger partial charge in [-0.05, 0) is 46.5 Å². The molecule has 5 nitrogen and oxygen atoms in total. The van der Waals surface area contributed by atoms with Crippen molar-refractivity contribution in [2.24, 2.45) is 7.05 Å². The monoisotopic (exact) mass is 405 g/mol. The Morgan fingerprint density at radius 1 is 1.36 bits per heavy atom. The van der Waals surface area contributed by atoms with Gasteiger partial charge >= 0.3 is 0 Å². The van der Waals surface area contributed by atoms with Gasteiger partial charge in [-0.25, -0.2) is 8.42 Å². The summed E-state index contributed by atoms with van der Waals surface area (Å²) in [5.74, 6) is 0.358. The summed E-state index contributed by atoms with van der Waals surface area (Å²) >= 11 is 9.44. The largest absolute Gasteiger partial charge is 0.278 e. The molecule has 0 fully saturated rings. The van der Waals surface area contributed by atoms with Crippen molar-refractivity contribution in [3.63, 3.8) is 0 Å². The molecule has 120 valence electrons. The number of nitrogens with zero attached hydrogens (tertiary/aromatic N) is 2. The van der Waals surface area contributed by atoms with E-state index in [9.17, 15) is 8.42 Å². The molecule has 8 heteroatoms. The van der Waals surface area contributed by atoms with E-state index in [1.54, 1.807) is 20.0 Å². The fourth-order valence-electron chi connectivity index (χ4n) is 2.08. The molecule has 0 aliphatic rings. The lowest BCUT2D eigenvalue weighted by Crippen LogP contribution is -2.14. The minimum Gasteiger partial charge on any atom is -0.278 e. The molecule has 0 radical (unpaired) electrons. The number of rotatable bonds is 4. The number of benzene rings is 1. The average Bonchev–Trinajstić information content (AvgIpc) is 2.65. The third kappa shape index (κ3) is 3.31. The average molecular weight is 407 g/mol. The van der Waals surface area contributed by atoms with Gasteiger partial charge in [0.2, 0.25) is 0 Å². The van der Waals surface area contributed by atoms with Crippen molar-refractivity contribution < 1.29 is 8.42 Å². The van der Waals surface area contributed by atoms with Crippen LogP contribution in [0.4, 0.5) is 5.69 Å². The third-order valence-electron chi connectivity index (χ3n) is 3.27. The summed E-state index contributed by atoms with van der Waals surface area (Å²) in [5.41, 5.74) is 1.93. The Hall–Kier alpha value is -1.05. The Bertz CT molecular complexity index is 816. The molecule has 2 rings (SSSR count). The van der Waals surface area contributed by atoms with Crippen molar-refractivity contribution in [2.75, 3.05) is 4.72 Å². The molecule has 22 heavy (non-hydrogen) atoms. The smallest absolute Gasteiger partial charge is 0.266 e. The topological polar surface area (TPSA) is 64.0 Å². The van der Waals surface area contributed by atoms with Crippen molar-refractivity contribution in [3.05, 3.63) is 39.1 Å². The Kier molecular flexibility index (Phi) is 4.89. The molecule has 0 bridgehead atoms. The predicted octanol–water partition coefficient (Wildman–Crippen LogP) is 4.07. The van der Waals surface area contributed by atoms with E-state index in [1.165, 1.54) is 4.68 Å². The second-order valence-corrected chi connectivity index (χ2v) is 8.16. The van der Waals surface area contributed by atoms with Gasteiger partial charge in [0.25, 0.3) is 10.0 Å². The molecule has 1 N–H and O–H groups in total. The van der Waals surface area contributed by atoms with Crippen LogP contribution in [0.15, 0.2) is 27.6 Å². The Morgan fingerprint density at radius 2 is 2.00 bits per heavy atom. The SMILES string of the molecule is Cc1nn(C)c(Cl)c1S(=O)(=O)Nc1ccc(C(C)C)cc1Br. The van der Waals surface area contributed by atoms with E-state index in [2.05, 4.69) is 39.6 Å². The number of sulfonamides is 1. The number of hydrogen-bond acceptors (Lipinski definition) is 3. The zero-order valence-corrected chi connectivity index (χ0v) is 15.8. The molecule has 0 aliphatic carbocycles. The summed E-state index contributed by atoms with van der Waals surface area (Å²) < 4.78 is 29.7. The lowest BCUT2D eigenvalue weighted by atomic mass is 10.0. The molecular weight excluding hydrogens is 390 g/mol. The zero-order chi connectivity index (χ0) is 16.7. The first-order chi connectivity index (χ1) is 10.1. The number of hydrogen-bond donors (Lipinski definition) is 1. The highest BCUT2D eigenvalue weighted by molar-refractivity contribution is 9.10. The van der Waals surface area contributed by atoms with Gasteiger partial charge < -0.3 is 0 Å². The maximum Gasteiger partial charge on any atom is 0.266 e. The fourth-order valence-corrected chi connectivity index (χ4v) is 4.54. The lowest BCUT2D eigenvalue weighted by Gasteiger charge is -2.12. The molecule has 1 heterocycles. The Morgan fingerprint density at radius 3 is 2.45 bits per heavy atom. The maximum atomic E-state index is 12.6. The van der Waals surface area contributed by atoms with Crippen molar-refractivity contribution >= 4 is 43.2 Å². The summed E-state index contributed by atoms with van der Waals surface area (Å²) in [4.78, 5) is -0.00324. The van der Waals surface area contributed by atoms with Crippen LogP contribution in [0.25, 0.3) is 0 Å². The molecule has 0 aliphatic heterocycles. The number of halogens is 2. The van der Waals surface area contributed by atoms with E-state index >= 15 is 0 Å². The standard InChI is InChI=1S/C14H17BrClN3O2S/c1-8(2)10-5-6-12(11(15)7-10)18-22(20,21)13-9(3)17-19(4)14(13)16/h5-8,18H,1-4H3. The first kappa shape index (κ1) is 17.3. The van der Waals surface area contributed by atoms with Crippen molar-refractivity contribution in [1.29, 1.82) is 0 Å². The third-order valence-corrected chi connectivity index (χ3v) is 5.99. The van der Waals surface area contributed by atoms with Crippen LogP contribution in [0.3, 0.4) is 0 Å². The van der Waals surface area contributed by atoms with Gasteiger partial charge in [0, 0.05) is 11.5 Å². The number of aromatic nitrogens is 2. The van der Waals surface area contributed by atoms with Crippen molar-refractivity contribution in [3.8, 4) is 0 Å². The van der Waals surface area contributed by atoms with Crippen LogP contribution in [0.1, 0.15) is 31.0 Å². The summed E-state index contributed by atoms with van der Waals surface area (Å²) in [6, 6.07) is 5.53. The zero-order valence-electron chi connectivity index (χ0n) is 12.7. The second kappa shape index (κ2) is 6.22. The van der Waals surface area contributed by atoms with Crippen molar-refractivity contribution in [2.45, 2.75) is 31.6 Å². The van der Waals surface area contributed by atoms with Crippen LogP contribution in [0.2, 0.25) is 5.15 Å². The van der Waals surface area contributed by atoms with Gasteiger partial charge in [-0.2, -0.15) is 5.10 Å². The van der Waals surface area contributed by atoms with Crippen molar-refractivity contribution in [1.82, 2.24) is 9.78 Å². The van der Waals surface area contributed by atoms with E-state index < -0.39 is 10.0 Å². The van der Waals surface area contributed by atoms with Crippen LogP contribution in [-0.2, 0) is 17.1 Å². The van der Waals surface area contributed by atoms with E-state index in [1.807, 2.05) is 12.1 Å². The van der Waals surface area contributed by atoms with Crippen LogP contribution in [-0.4, -0.2) is 18.2 Å². The van der Waals surface area contributed by atoms with Crippen LogP contribution < -0.4 is 4.72 Å². The molecule has 0 spiro atoms. The van der Waals surface area contributed by atoms with E-state index in [4.69, 9.17) is 11.6 Å². The Balaban J connectivity index is 2.41. The van der Waals surface area contributed by atoms with E-state index in [-0.39, 0.29) is 10.0 Å². The molecular formula is C14H17BrClN3O2S. The summed E-state index contributed by atoms with van der Waals surface area (Å²) in [7, 11) is -2.21. The van der Waals surface area contributed by atoms with Crippen LogP contribution in [0, 0.1) is 6.92 Å². The lowest BCUT2D eigenvalue weighted by molar-refractivity contribution is 0.600. The molecule has 0 saturated carbocycles. The normalized spacial score (nSPS) is 12.0. The molecule has 0 amide bonds. The quantitative estimate of drug-likeness (QED) is 0.832. The fraction of sp³-hybridized carbons (Fsp3) is 0.357. The van der Waals surface area contributed by atoms with Crippen LogP contribution in [0.5, 0.6) is 0 Å². The first-order valence-corrected chi connectivity index (χ1v) is 9.30. The van der Waals surface area contributed by atoms with E-state index in [0.29, 0.717) is 21.8 Å². The molecule has 0 saturated heterocycles. The van der Waals surface area contributed by atoms with Gasteiger partial charge in [-0.15, -0.1) is 0 Å². The van der Waals surface area contributed by atoms with E-state index in [0.717, 1.165) is 5.56 Å². The minimum absolute atomic E-state index is 0.00324. The Labute approximate surface area is 143 Å². The van der Waals surface area contributed by atoms with Gasteiger partial charge in [-0.1, -0.05) is 31.5 Å². The molecule has 2 aromatic rings. The highest BCUT2D eigenvalue weighted by Crippen LogP contribution is 2.31. The van der Waals surface area contributed by atoms with Gasteiger partial charge in [-0.3, -0.25) is 9.40 Å². The number of nitrogens with one attached hydrogen (secondary N) is 1. The number of anilines is 1. The second-order valence-electron chi connectivity index (χ2n) is 5.33. The van der Waals surface area contributed by atoms with Gasteiger partial charge in [0.05, 0.1) is 11.4 Å². The summed E-state index contributed by atoms with van der Waals surface area (Å²) in [6.45, 7) is 5.76. The first-order valence-electron chi connectivity index (χ1n) is 6.65. The van der Waals surface area contributed by atoms with Gasteiger partial charge in [0.15, 0.2) is 0 Å². The molecule has 0 atom stereocenters.